The third kappa shape index (κ3) is 4.68. The predicted octanol–water partition coefficient (Wildman–Crippen LogP) is 2.01. The molecule has 3 heteroatoms. The van der Waals surface area contributed by atoms with Gasteiger partial charge >= 0.3 is 0 Å². The highest BCUT2D eigenvalue weighted by molar-refractivity contribution is 4.93. The standard InChI is InChI=1S/C10H18N2O/c1-9(2)7-13-5-3-4-10-6-11-8-12-10/h6,8-9H,3-5,7H2,1-2H3,(H,11,12). The molecule has 3 nitrogen and oxygen atoms in total. The Morgan fingerprint density at radius 2 is 2.38 bits per heavy atom. The topological polar surface area (TPSA) is 37.9 Å². The van der Waals surface area contributed by atoms with E-state index in [1.807, 2.05) is 6.20 Å². The number of nitrogens with zero attached hydrogens (tertiary/aromatic N) is 1. The zero-order valence-electron chi connectivity index (χ0n) is 8.42. The van der Waals surface area contributed by atoms with Crippen LogP contribution in [0.2, 0.25) is 0 Å². The molecule has 74 valence electrons. The Balaban J connectivity index is 1.96. The van der Waals surface area contributed by atoms with Crippen LogP contribution in [0.4, 0.5) is 0 Å². The zero-order chi connectivity index (χ0) is 9.52. The molecule has 1 aromatic rings. The number of ether oxygens (including phenoxy) is 1. The summed E-state index contributed by atoms with van der Waals surface area (Å²) in [6, 6.07) is 0. The number of aromatic nitrogens is 2. The van der Waals surface area contributed by atoms with Gasteiger partial charge in [0.1, 0.15) is 0 Å². The molecule has 1 N–H and O–H groups in total. The minimum atomic E-state index is 0.632. The molecule has 0 saturated heterocycles. The molecule has 0 fully saturated rings. The molecule has 0 aliphatic carbocycles. The van der Waals surface area contributed by atoms with Gasteiger partial charge in [-0.25, -0.2) is 4.98 Å². The van der Waals surface area contributed by atoms with E-state index < -0.39 is 0 Å². The second kappa shape index (κ2) is 5.75. The van der Waals surface area contributed by atoms with Crippen LogP contribution in [0.3, 0.4) is 0 Å². The molecule has 0 amide bonds. The lowest BCUT2D eigenvalue weighted by molar-refractivity contribution is 0.108. The Morgan fingerprint density at radius 3 is 3.00 bits per heavy atom. The molecule has 1 aromatic heterocycles. The van der Waals surface area contributed by atoms with Crippen LogP contribution in [0.25, 0.3) is 0 Å². The van der Waals surface area contributed by atoms with Crippen molar-refractivity contribution in [1.82, 2.24) is 9.97 Å². The minimum Gasteiger partial charge on any atom is -0.381 e. The molecular weight excluding hydrogens is 164 g/mol. The number of nitrogens with one attached hydrogen (secondary N) is 1. The molecule has 1 heterocycles. The summed E-state index contributed by atoms with van der Waals surface area (Å²) >= 11 is 0. The van der Waals surface area contributed by atoms with Crippen molar-refractivity contribution in [2.45, 2.75) is 26.7 Å². The van der Waals surface area contributed by atoms with Crippen LogP contribution >= 0.6 is 0 Å². The highest BCUT2D eigenvalue weighted by Gasteiger charge is 1.95. The number of aromatic amines is 1. The highest BCUT2D eigenvalue weighted by Crippen LogP contribution is 1.98. The van der Waals surface area contributed by atoms with Gasteiger partial charge < -0.3 is 9.72 Å². The van der Waals surface area contributed by atoms with Crippen LogP contribution in [0.1, 0.15) is 26.0 Å². The van der Waals surface area contributed by atoms with Gasteiger partial charge in [0, 0.05) is 25.1 Å². The lowest BCUT2D eigenvalue weighted by Crippen LogP contribution is -2.03. The SMILES string of the molecule is CC(C)COCCCc1cnc[nH]1. The third-order valence-electron chi connectivity index (χ3n) is 1.74. The van der Waals surface area contributed by atoms with Gasteiger partial charge in [0.25, 0.3) is 0 Å². The summed E-state index contributed by atoms with van der Waals surface area (Å²) in [7, 11) is 0. The van der Waals surface area contributed by atoms with Crippen LogP contribution in [0.5, 0.6) is 0 Å². The van der Waals surface area contributed by atoms with Gasteiger partial charge in [-0.1, -0.05) is 13.8 Å². The number of imidazole rings is 1. The highest BCUT2D eigenvalue weighted by atomic mass is 16.5. The van der Waals surface area contributed by atoms with Crippen molar-refractivity contribution in [3.05, 3.63) is 18.2 Å². The third-order valence-corrected chi connectivity index (χ3v) is 1.74. The number of H-pyrrole nitrogens is 1. The number of hydrogen-bond donors (Lipinski definition) is 1. The van der Waals surface area contributed by atoms with Crippen molar-refractivity contribution in [2.75, 3.05) is 13.2 Å². The summed E-state index contributed by atoms with van der Waals surface area (Å²) in [6.07, 6.45) is 5.67. The Bertz CT molecular complexity index is 207. The Kier molecular flexibility index (Phi) is 4.54. The summed E-state index contributed by atoms with van der Waals surface area (Å²) < 4.78 is 5.46. The fourth-order valence-corrected chi connectivity index (χ4v) is 1.11. The van der Waals surface area contributed by atoms with Crippen molar-refractivity contribution in [3.8, 4) is 0 Å². The van der Waals surface area contributed by atoms with E-state index in [9.17, 15) is 0 Å². The van der Waals surface area contributed by atoms with E-state index in [-0.39, 0.29) is 0 Å². The van der Waals surface area contributed by atoms with E-state index in [2.05, 4.69) is 23.8 Å². The van der Waals surface area contributed by atoms with Gasteiger partial charge in [-0.05, 0) is 18.8 Å². The average molecular weight is 182 g/mol. The summed E-state index contributed by atoms with van der Waals surface area (Å²) in [5, 5.41) is 0. The first-order chi connectivity index (χ1) is 6.29. The predicted molar refractivity (Wildman–Crippen MR) is 52.6 cm³/mol. The smallest absolute Gasteiger partial charge is 0.0921 e. The lowest BCUT2D eigenvalue weighted by atomic mass is 10.2. The summed E-state index contributed by atoms with van der Waals surface area (Å²) in [5.74, 6) is 0.632. The van der Waals surface area contributed by atoms with E-state index in [0.29, 0.717) is 5.92 Å². The molecule has 0 aliphatic heterocycles. The number of rotatable bonds is 6. The van der Waals surface area contributed by atoms with Crippen molar-refractivity contribution >= 4 is 0 Å². The van der Waals surface area contributed by atoms with E-state index in [1.54, 1.807) is 6.33 Å². The second-order valence-corrected chi connectivity index (χ2v) is 3.65. The molecule has 13 heavy (non-hydrogen) atoms. The summed E-state index contributed by atoms with van der Waals surface area (Å²) in [5.41, 5.74) is 1.19. The Morgan fingerprint density at radius 1 is 1.54 bits per heavy atom. The van der Waals surface area contributed by atoms with Crippen molar-refractivity contribution in [1.29, 1.82) is 0 Å². The van der Waals surface area contributed by atoms with Gasteiger partial charge in [-0.3, -0.25) is 0 Å². The van der Waals surface area contributed by atoms with Crippen molar-refractivity contribution < 1.29 is 4.74 Å². The summed E-state index contributed by atoms with van der Waals surface area (Å²) in [4.78, 5) is 7.02. The molecule has 0 aromatic carbocycles. The van der Waals surface area contributed by atoms with Crippen LogP contribution < -0.4 is 0 Å². The maximum atomic E-state index is 5.46. The monoisotopic (exact) mass is 182 g/mol. The van der Waals surface area contributed by atoms with Gasteiger partial charge in [-0.15, -0.1) is 0 Å². The first-order valence-corrected chi connectivity index (χ1v) is 4.84. The van der Waals surface area contributed by atoms with Crippen molar-refractivity contribution in [2.24, 2.45) is 5.92 Å². The number of aryl methyl sites for hydroxylation is 1. The maximum absolute atomic E-state index is 5.46. The molecule has 0 spiro atoms. The van der Waals surface area contributed by atoms with E-state index in [1.165, 1.54) is 5.69 Å². The van der Waals surface area contributed by atoms with Gasteiger partial charge in [0.2, 0.25) is 0 Å². The van der Waals surface area contributed by atoms with E-state index >= 15 is 0 Å². The van der Waals surface area contributed by atoms with Gasteiger partial charge in [-0.2, -0.15) is 0 Å². The molecule has 0 atom stereocenters. The second-order valence-electron chi connectivity index (χ2n) is 3.65. The molecule has 0 saturated carbocycles. The minimum absolute atomic E-state index is 0.632. The number of hydrogen-bond acceptors (Lipinski definition) is 2. The summed E-state index contributed by atoms with van der Waals surface area (Å²) in [6.45, 7) is 6.03. The lowest BCUT2D eigenvalue weighted by Gasteiger charge is -2.05. The van der Waals surface area contributed by atoms with Crippen molar-refractivity contribution in [3.63, 3.8) is 0 Å². The molecule has 0 bridgehead atoms. The fourth-order valence-electron chi connectivity index (χ4n) is 1.11. The molecule has 0 unspecified atom stereocenters. The first-order valence-electron chi connectivity index (χ1n) is 4.84. The van der Waals surface area contributed by atoms with Crippen LogP contribution in [0, 0.1) is 5.92 Å². The van der Waals surface area contributed by atoms with Crippen LogP contribution in [-0.2, 0) is 11.2 Å². The Hall–Kier alpha value is -0.830. The molecular formula is C10H18N2O. The fraction of sp³-hybridized carbons (Fsp3) is 0.700. The average Bonchev–Trinajstić information content (AvgIpc) is 2.55. The van der Waals surface area contributed by atoms with Gasteiger partial charge in [0.05, 0.1) is 6.33 Å². The zero-order valence-corrected chi connectivity index (χ0v) is 8.42. The first kappa shape index (κ1) is 10.3. The molecule has 1 rings (SSSR count). The maximum Gasteiger partial charge on any atom is 0.0921 e. The van der Waals surface area contributed by atoms with Crippen LogP contribution in [-0.4, -0.2) is 23.2 Å². The normalized spacial score (nSPS) is 11.0. The van der Waals surface area contributed by atoms with E-state index in [0.717, 1.165) is 26.1 Å². The quantitative estimate of drug-likeness (QED) is 0.683. The molecule has 0 aliphatic rings. The van der Waals surface area contributed by atoms with Crippen LogP contribution in [0.15, 0.2) is 12.5 Å². The Labute approximate surface area is 79.5 Å². The molecule has 0 radical (unpaired) electrons. The largest absolute Gasteiger partial charge is 0.381 e. The van der Waals surface area contributed by atoms with E-state index in [4.69, 9.17) is 4.74 Å². The van der Waals surface area contributed by atoms with Gasteiger partial charge in [0.15, 0.2) is 0 Å².